The number of carbonyl (C=O) groups is 1. The van der Waals surface area contributed by atoms with E-state index in [1.807, 2.05) is 17.2 Å². The van der Waals surface area contributed by atoms with Gasteiger partial charge in [0.1, 0.15) is 15.5 Å². The highest BCUT2D eigenvalue weighted by atomic mass is 32.2. The molecule has 1 aromatic heterocycles. The Balaban J connectivity index is 1.53. The fourth-order valence-electron chi connectivity index (χ4n) is 3.16. The zero-order valence-corrected chi connectivity index (χ0v) is 14.3. The van der Waals surface area contributed by atoms with Crippen LogP contribution in [0.3, 0.4) is 0 Å². The Labute approximate surface area is 135 Å². The molecule has 0 N–H and O–H groups in total. The zero-order chi connectivity index (χ0) is 15.7. The minimum absolute atomic E-state index is 0.00946. The summed E-state index contributed by atoms with van der Waals surface area (Å²) >= 11 is 1.49. The Bertz CT molecular complexity index is 634. The molecule has 0 atom stereocenters. The van der Waals surface area contributed by atoms with E-state index in [1.54, 1.807) is 0 Å². The molecule has 2 saturated heterocycles. The molecule has 0 spiro atoms. The van der Waals surface area contributed by atoms with Crippen LogP contribution in [-0.2, 0) is 9.84 Å². The maximum Gasteiger partial charge on any atom is 0.273 e. The van der Waals surface area contributed by atoms with Crippen molar-refractivity contribution in [3.8, 4) is 0 Å². The molecular formula is C14H21N3O3S2. The first-order valence-electron chi connectivity index (χ1n) is 7.60. The van der Waals surface area contributed by atoms with E-state index in [-0.39, 0.29) is 5.91 Å². The van der Waals surface area contributed by atoms with Gasteiger partial charge < -0.3 is 4.90 Å². The van der Waals surface area contributed by atoms with Gasteiger partial charge in [0, 0.05) is 37.6 Å². The molecule has 0 radical (unpaired) electrons. The summed E-state index contributed by atoms with van der Waals surface area (Å²) in [6.45, 7) is 4.92. The van der Waals surface area contributed by atoms with Gasteiger partial charge in [-0.1, -0.05) is 0 Å². The van der Waals surface area contributed by atoms with E-state index in [4.69, 9.17) is 0 Å². The smallest absolute Gasteiger partial charge is 0.273 e. The van der Waals surface area contributed by atoms with E-state index in [2.05, 4.69) is 9.88 Å². The summed E-state index contributed by atoms with van der Waals surface area (Å²) in [6.07, 6.45) is 1.45. The number of aromatic nitrogens is 1. The highest BCUT2D eigenvalue weighted by Gasteiger charge is 2.31. The number of nitrogens with zero attached hydrogens (tertiary/aromatic N) is 3. The summed E-state index contributed by atoms with van der Waals surface area (Å²) in [4.78, 5) is 20.8. The molecule has 22 heavy (non-hydrogen) atoms. The van der Waals surface area contributed by atoms with Gasteiger partial charge in [-0.15, -0.1) is 11.3 Å². The molecule has 0 bridgehead atoms. The van der Waals surface area contributed by atoms with Gasteiger partial charge >= 0.3 is 0 Å². The van der Waals surface area contributed by atoms with Crippen LogP contribution in [-0.4, -0.2) is 72.8 Å². The van der Waals surface area contributed by atoms with Crippen LogP contribution in [0.25, 0.3) is 0 Å². The third-order valence-corrected chi connectivity index (χ3v) is 6.97. The summed E-state index contributed by atoms with van der Waals surface area (Å²) < 4.78 is 23.0. The number of piperazine rings is 1. The number of amides is 1. The molecule has 2 aliphatic heterocycles. The number of thiazole rings is 1. The molecule has 2 aliphatic rings. The van der Waals surface area contributed by atoms with Crippen molar-refractivity contribution in [1.82, 2.24) is 14.8 Å². The van der Waals surface area contributed by atoms with Gasteiger partial charge in [-0.2, -0.15) is 0 Å². The lowest BCUT2D eigenvalue weighted by Gasteiger charge is -2.40. The lowest BCUT2D eigenvalue weighted by molar-refractivity contribution is 0.0553. The molecule has 3 rings (SSSR count). The fourth-order valence-corrected chi connectivity index (χ4v) is 5.21. The lowest BCUT2D eigenvalue weighted by Crippen LogP contribution is -2.53. The van der Waals surface area contributed by atoms with Crippen molar-refractivity contribution in [2.75, 3.05) is 37.7 Å². The standard InChI is InChI=1S/C14H21N3O3S2/c1-11-15-13(10-21-11)14(18)17-6-4-16(5-7-17)12-2-8-22(19,20)9-3-12/h10,12H,2-9H2,1H3. The molecule has 6 nitrogen and oxygen atoms in total. The number of hydrogen-bond acceptors (Lipinski definition) is 6. The number of aryl methyl sites for hydroxylation is 1. The van der Waals surface area contributed by atoms with Crippen molar-refractivity contribution in [3.63, 3.8) is 0 Å². The first-order valence-corrected chi connectivity index (χ1v) is 10.3. The van der Waals surface area contributed by atoms with Crippen LogP contribution >= 0.6 is 11.3 Å². The summed E-state index contributed by atoms with van der Waals surface area (Å²) in [5, 5.41) is 2.72. The van der Waals surface area contributed by atoms with Gasteiger partial charge in [0.05, 0.1) is 16.5 Å². The Morgan fingerprint density at radius 3 is 2.41 bits per heavy atom. The van der Waals surface area contributed by atoms with Crippen molar-refractivity contribution in [3.05, 3.63) is 16.1 Å². The molecule has 0 aromatic carbocycles. The minimum Gasteiger partial charge on any atom is -0.335 e. The molecule has 3 heterocycles. The highest BCUT2D eigenvalue weighted by Crippen LogP contribution is 2.20. The Morgan fingerprint density at radius 2 is 1.86 bits per heavy atom. The first kappa shape index (κ1) is 15.9. The van der Waals surface area contributed by atoms with Crippen LogP contribution in [0.4, 0.5) is 0 Å². The van der Waals surface area contributed by atoms with Gasteiger partial charge in [0.15, 0.2) is 0 Å². The maximum atomic E-state index is 12.4. The monoisotopic (exact) mass is 343 g/mol. The molecule has 0 unspecified atom stereocenters. The van der Waals surface area contributed by atoms with Gasteiger partial charge in [-0.3, -0.25) is 9.69 Å². The van der Waals surface area contributed by atoms with E-state index in [1.165, 1.54) is 11.3 Å². The van der Waals surface area contributed by atoms with Crippen molar-refractivity contribution in [2.45, 2.75) is 25.8 Å². The van der Waals surface area contributed by atoms with Crippen LogP contribution in [0.15, 0.2) is 5.38 Å². The number of sulfone groups is 1. The Hall–Kier alpha value is -0.990. The lowest BCUT2D eigenvalue weighted by atomic mass is 10.1. The van der Waals surface area contributed by atoms with Crippen LogP contribution in [0.2, 0.25) is 0 Å². The summed E-state index contributed by atoms with van der Waals surface area (Å²) in [5.41, 5.74) is 0.541. The molecule has 122 valence electrons. The van der Waals surface area contributed by atoms with Gasteiger partial charge in [0.2, 0.25) is 0 Å². The van der Waals surface area contributed by atoms with Crippen LogP contribution < -0.4 is 0 Å². The third-order valence-electron chi connectivity index (χ3n) is 4.48. The maximum absolute atomic E-state index is 12.4. The first-order chi connectivity index (χ1) is 10.4. The van der Waals surface area contributed by atoms with Crippen LogP contribution in [0.5, 0.6) is 0 Å². The molecule has 0 saturated carbocycles. The van der Waals surface area contributed by atoms with Crippen molar-refractivity contribution >= 4 is 27.1 Å². The van der Waals surface area contributed by atoms with E-state index >= 15 is 0 Å². The van der Waals surface area contributed by atoms with Gasteiger partial charge in [0.25, 0.3) is 5.91 Å². The number of hydrogen-bond donors (Lipinski definition) is 0. The van der Waals surface area contributed by atoms with Crippen molar-refractivity contribution in [1.29, 1.82) is 0 Å². The Kier molecular flexibility index (Phi) is 4.52. The molecule has 1 amide bonds. The number of carbonyl (C=O) groups excluding carboxylic acids is 1. The van der Waals surface area contributed by atoms with Crippen molar-refractivity contribution < 1.29 is 13.2 Å². The summed E-state index contributed by atoms with van der Waals surface area (Å²) in [7, 11) is -2.81. The molecular weight excluding hydrogens is 322 g/mol. The Morgan fingerprint density at radius 1 is 1.23 bits per heavy atom. The summed E-state index contributed by atoms with van der Waals surface area (Å²) in [5.74, 6) is 0.610. The molecule has 1 aromatic rings. The van der Waals surface area contributed by atoms with Crippen LogP contribution in [0.1, 0.15) is 28.3 Å². The van der Waals surface area contributed by atoms with E-state index in [0.29, 0.717) is 36.3 Å². The third kappa shape index (κ3) is 3.49. The average Bonchev–Trinajstić information content (AvgIpc) is 2.93. The van der Waals surface area contributed by atoms with Crippen molar-refractivity contribution in [2.24, 2.45) is 0 Å². The molecule has 8 heteroatoms. The fraction of sp³-hybridized carbons (Fsp3) is 0.714. The molecule has 2 fully saturated rings. The average molecular weight is 343 g/mol. The number of rotatable bonds is 2. The predicted octanol–water partition coefficient (Wildman–Crippen LogP) is 0.787. The topological polar surface area (TPSA) is 70.6 Å². The second kappa shape index (κ2) is 6.25. The van der Waals surface area contributed by atoms with Crippen LogP contribution in [0, 0.1) is 6.92 Å². The van der Waals surface area contributed by atoms with Gasteiger partial charge in [-0.25, -0.2) is 13.4 Å². The second-order valence-corrected chi connectivity index (χ2v) is 9.33. The summed E-state index contributed by atoms with van der Waals surface area (Å²) in [6, 6.07) is 0.349. The SMILES string of the molecule is Cc1nc(C(=O)N2CCN(C3CCS(=O)(=O)CC3)CC2)cs1. The van der Waals surface area contributed by atoms with E-state index in [9.17, 15) is 13.2 Å². The van der Waals surface area contributed by atoms with Gasteiger partial charge in [-0.05, 0) is 19.8 Å². The minimum atomic E-state index is -2.81. The largest absolute Gasteiger partial charge is 0.335 e. The molecule has 0 aliphatic carbocycles. The van der Waals surface area contributed by atoms with E-state index < -0.39 is 9.84 Å². The quantitative estimate of drug-likeness (QED) is 0.794. The highest BCUT2D eigenvalue weighted by molar-refractivity contribution is 7.91. The second-order valence-electron chi connectivity index (χ2n) is 5.96. The van der Waals surface area contributed by atoms with E-state index in [0.717, 1.165) is 30.9 Å². The zero-order valence-electron chi connectivity index (χ0n) is 12.7. The predicted molar refractivity (Wildman–Crippen MR) is 86.0 cm³/mol. The normalized spacial score (nSPS) is 23.6.